The zero-order valence-corrected chi connectivity index (χ0v) is 24.8. The highest BCUT2D eigenvalue weighted by molar-refractivity contribution is 7.91. The lowest BCUT2D eigenvalue weighted by molar-refractivity contribution is -0.131. The molecule has 40 heavy (non-hydrogen) atoms. The highest BCUT2D eigenvalue weighted by Crippen LogP contribution is 2.34. The fourth-order valence-electron chi connectivity index (χ4n) is 4.47. The van der Waals surface area contributed by atoms with Crippen LogP contribution in [-0.4, -0.2) is 67.6 Å². The van der Waals surface area contributed by atoms with E-state index in [0.717, 1.165) is 5.56 Å². The molecular weight excluding hydrogens is 558 g/mol. The maximum atomic E-state index is 13.4. The van der Waals surface area contributed by atoms with Crippen molar-refractivity contribution in [2.24, 2.45) is 5.92 Å². The molecular formula is C28H38ClN3O7S. The number of sulfone groups is 1. The number of rotatable bonds is 14. The molecule has 12 heteroatoms. The maximum Gasteiger partial charge on any atom is 0.244 e. The zero-order chi connectivity index (χ0) is 29.6. The van der Waals surface area contributed by atoms with Crippen LogP contribution in [0.5, 0.6) is 11.5 Å². The number of alkyl halides is 1. The summed E-state index contributed by atoms with van der Waals surface area (Å²) in [5, 5.41) is 20.2. The molecule has 3 rings (SSSR count). The fraction of sp³-hybridized carbons (Fsp3) is 0.500. The van der Waals surface area contributed by atoms with Crippen molar-refractivity contribution in [3.05, 3.63) is 54.1 Å². The first-order chi connectivity index (χ1) is 18.8. The summed E-state index contributed by atoms with van der Waals surface area (Å²) >= 11 is 5.65. The maximum absolute atomic E-state index is 13.4. The third-order valence-electron chi connectivity index (χ3n) is 6.71. The highest BCUT2D eigenvalue weighted by Gasteiger charge is 2.38. The summed E-state index contributed by atoms with van der Waals surface area (Å²) in [4.78, 5) is 25.4. The molecule has 2 aromatic rings. The minimum Gasteiger partial charge on any atom is -0.454 e. The molecule has 1 heterocycles. The Labute approximate surface area is 240 Å². The van der Waals surface area contributed by atoms with Crippen LogP contribution < -0.4 is 25.4 Å². The number of hydrogen-bond acceptors (Lipinski definition) is 8. The number of carbonyl (C=O) groups is 2. The monoisotopic (exact) mass is 595 g/mol. The Balaban J connectivity index is 1.82. The average molecular weight is 596 g/mol. The van der Waals surface area contributed by atoms with Crippen molar-refractivity contribution in [2.75, 3.05) is 25.0 Å². The van der Waals surface area contributed by atoms with Gasteiger partial charge in [-0.15, -0.1) is 11.6 Å². The van der Waals surface area contributed by atoms with Gasteiger partial charge in [-0.3, -0.25) is 14.9 Å². The number of benzene rings is 2. The second-order valence-corrected chi connectivity index (χ2v) is 12.9. The normalized spacial score (nSPS) is 16.6. The summed E-state index contributed by atoms with van der Waals surface area (Å²) in [7, 11) is -3.91. The van der Waals surface area contributed by atoms with Gasteiger partial charge in [-0.25, -0.2) is 8.42 Å². The highest BCUT2D eigenvalue weighted by atomic mass is 35.5. The van der Waals surface area contributed by atoms with E-state index in [1.54, 1.807) is 0 Å². The first-order valence-corrected chi connectivity index (χ1v) is 15.3. The summed E-state index contributed by atoms with van der Waals surface area (Å²) in [6, 6.07) is 12.9. The second-order valence-electron chi connectivity index (χ2n) is 10.6. The number of nitrogens with one attached hydrogen (secondary N) is 3. The molecule has 220 valence electrons. The van der Waals surface area contributed by atoms with Gasteiger partial charge in [-0.1, -0.05) is 51.1 Å². The zero-order valence-electron chi connectivity index (χ0n) is 23.2. The minimum atomic E-state index is -3.91. The number of aliphatic hydroxyl groups is 1. The summed E-state index contributed by atoms with van der Waals surface area (Å²) in [5.74, 6) is -1.19. The molecule has 2 amide bonds. The van der Waals surface area contributed by atoms with E-state index in [0.29, 0.717) is 24.3 Å². The lowest BCUT2D eigenvalue weighted by atomic mass is 9.94. The molecule has 0 saturated carbocycles. The molecule has 0 bridgehead atoms. The number of carbonyl (C=O) groups excluding carboxylic acids is 2. The summed E-state index contributed by atoms with van der Waals surface area (Å²) in [5.41, 5.74) is -1.86. The van der Waals surface area contributed by atoms with Crippen LogP contribution in [0.3, 0.4) is 0 Å². The molecule has 0 aromatic heterocycles. The van der Waals surface area contributed by atoms with Gasteiger partial charge in [0.1, 0.15) is 11.9 Å². The topological polar surface area (TPSA) is 143 Å². The minimum absolute atomic E-state index is 0.00572. The van der Waals surface area contributed by atoms with Crippen LogP contribution in [0.1, 0.15) is 39.7 Å². The number of ether oxygens (including phenoxy) is 2. The van der Waals surface area contributed by atoms with E-state index in [1.807, 2.05) is 51.1 Å². The predicted octanol–water partition coefficient (Wildman–Crippen LogP) is 2.37. The number of amides is 2. The molecule has 0 spiro atoms. The molecule has 0 saturated heterocycles. The van der Waals surface area contributed by atoms with Crippen molar-refractivity contribution in [1.29, 1.82) is 0 Å². The predicted molar refractivity (Wildman–Crippen MR) is 152 cm³/mol. The fourth-order valence-corrected chi connectivity index (χ4v) is 6.19. The van der Waals surface area contributed by atoms with Gasteiger partial charge in [-0.05, 0) is 37.0 Å². The first-order valence-electron chi connectivity index (χ1n) is 13.1. The molecule has 0 aliphatic carbocycles. The molecule has 0 fully saturated rings. The van der Waals surface area contributed by atoms with E-state index in [9.17, 15) is 23.1 Å². The van der Waals surface area contributed by atoms with E-state index in [2.05, 4.69) is 16.0 Å². The van der Waals surface area contributed by atoms with E-state index >= 15 is 0 Å². The molecule has 2 aromatic carbocycles. The molecule has 0 radical (unpaired) electrons. The van der Waals surface area contributed by atoms with Crippen molar-refractivity contribution in [3.63, 3.8) is 0 Å². The van der Waals surface area contributed by atoms with E-state index in [-0.39, 0.29) is 30.0 Å². The number of hydrogen-bond donors (Lipinski definition) is 4. The Hall–Kier alpha value is -2.86. The summed E-state index contributed by atoms with van der Waals surface area (Å²) in [6.07, 6.45) is 0.738. The Morgan fingerprint density at radius 2 is 1.77 bits per heavy atom. The number of fused-ring (bicyclic) bond motifs is 1. The summed E-state index contributed by atoms with van der Waals surface area (Å²) in [6.45, 7) is 6.77. The van der Waals surface area contributed by atoms with Crippen molar-refractivity contribution < 1.29 is 32.6 Å². The lowest BCUT2D eigenvalue weighted by Gasteiger charge is -2.39. The molecule has 4 N–H and O–H groups in total. The van der Waals surface area contributed by atoms with Crippen LogP contribution in [-0.2, 0) is 25.8 Å². The van der Waals surface area contributed by atoms with Crippen LogP contribution in [0.2, 0.25) is 0 Å². The summed E-state index contributed by atoms with van der Waals surface area (Å²) < 4.78 is 37.0. The molecule has 10 nitrogen and oxygen atoms in total. The van der Waals surface area contributed by atoms with Crippen molar-refractivity contribution in [3.8, 4) is 11.5 Å². The van der Waals surface area contributed by atoms with Crippen LogP contribution >= 0.6 is 11.6 Å². The third kappa shape index (κ3) is 8.33. The van der Waals surface area contributed by atoms with Crippen LogP contribution in [0, 0.1) is 5.92 Å². The van der Waals surface area contributed by atoms with Crippen LogP contribution in [0.25, 0.3) is 0 Å². The molecule has 0 unspecified atom stereocenters. The van der Waals surface area contributed by atoms with Crippen molar-refractivity contribution >= 4 is 33.3 Å². The van der Waals surface area contributed by atoms with Gasteiger partial charge >= 0.3 is 0 Å². The van der Waals surface area contributed by atoms with Gasteiger partial charge in [0.15, 0.2) is 21.3 Å². The van der Waals surface area contributed by atoms with E-state index in [1.165, 1.54) is 25.1 Å². The standard InChI is InChI=1S/C28H38ClN3O7S/c1-5-28(14-20-9-7-6-8-10-20,32-26(34)25(19(2)3)31-24(33)15-29)30-16-27(4,35)17-40(36,37)21-11-12-22-23(13-21)39-18-38-22/h6-13,19,25,30,35H,5,14-18H2,1-4H3,(H,31,33)(H,32,34)/t25-,27+,28-/m0/s1. The Bertz CT molecular complexity index is 1290. The second kappa shape index (κ2) is 13.2. The third-order valence-corrected chi connectivity index (χ3v) is 8.93. The van der Waals surface area contributed by atoms with Gasteiger partial charge in [-0.2, -0.15) is 0 Å². The average Bonchev–Trinajstić information content (AvgIpc) is 3.38. The smallest absolute Gasteiger partial charge is 0.244 e. The SMILES string of the molecule is CC[C@](Cc1ccccc1)(NC[C@@](C)(O)CS(=O)(=O)c1ccc2c(c1)OCO2)NC(=O)[C@@H](NC(=O)CCl)C(C)C. The van der Waals surface area contributed by atoms with Gasteiger partial charge in [0.05, 0.1) is 21.9 Å². The van der Waals surface area contributed by atoms with Crippen LogP contribution in [0.15, 0.2) is 53.4 Å². The lowest BCUT2D eigenvalue weighted by Crippen LogP contribution is -2.66. The van der Waals surface area contributed by atoms with Gasteiger partial charge in [0.25, 0.3) is 0 Å². The molecule has 1 aliphatic heterocycles. The first kappa shape index (κ1) is 31.7. The van der Waals surface area contributed by atoms with Gasteiger partial charge in [0.2, 0.25) is 18.6 Å². The largest absolute Gasteiger partial charge is 0.454 e. The van der Waals surface area contributed by atoms with E-state index < -0.39 is 44.7 Å². The Kier molecular flexibility index (Phi) is 10.5. The Morgan fingerprint density at radius 1 is 1.10 bits per heavy atom. The van der Waals surface area contributed by atoms with Gasteiger partial charge < -0.3 is 25.2 Å². The van der Waals surface area contributed by atoms with Crippen molar-refractivity contribution in [1.82, 2.24) is 16.0 Å². The molecule has 3 atom stereocenters. The number of halogens is 1. The van der Waals surface area contributed by atoms with E-state index in [4.69, 9.17) is 21.1 Å². The molecule has 1 aliphatic rings. The van der Waals surface area contributed by atoms with Crippen molar-refractivity contribution in [2.45, 2.75) is 62.7 Å². The Morgan fingerprint density at radius 3 is 2.40 bits per heavy atom. The van der Waals surface area contributed by atoms with Crippen LogP contribution in [0.4, 0.5) is 0 Å². The van der Waals surface area contributed by atoms with Gasteiger partial charge in [0, 0.05) is 19.0 Å². The quantitative estimate of drug-likeness (QED) is 0.193.